The summed E-state index contributed by atoms with van der Waals surface area (Å²) in [6, 6.07) is 9.40. The van der Waals surface area contributed by atoms with Gasteiger partial charge in [0.05, 0.1) is 4.92 Å². The minimum atomic E-state index is -0.603. The topological polar surface area (TPSA) is 73.3 Å². The van der Waals surface area contributed by atoms with Crippen molar-refractivity contribution < 1.29 is 14.1 Å². The first-order valence-electron chi connectivity index (χ1n) is 5.28. The van der Waals surface area contributed by atoms with Crippen LogP contribution in [0.25, 0.3) is 17.4 Å². The number of nitro benzene ring substituents is 1. The summed E-state index contributed by atoms with van der Waals surface area (Å²) in [5, 5.41) is 10.1. The molecule has 0 amide bonds. The van der Waals surface area contributed by atoms with Crippen LogP contribution in [0.4, 0.5) is 5.69 Å². The quantitative estimate of drug-likeness (QED) is 0.370. The van der Waals surface area contributed by atoms with Crippen molar-refractivity contribution in [2.75, 3.05) is 0 Å². The van der Waals surface area contributed by atoms with E-state index in [4.69, 9.17) is 16.0 Å². The Bertz CT molecular complexity index is 660. The number of hydrogen-bond acceptors (Lipinski definition) is 4. The maximum Gasteiger partial charge on any atom is 0.270 e. The molecule has 19 heavy (non-hydrogen) atoms. The van der Waals surface area contributed by atoms with E-state index in [9.17, 15) is 14.9 Å². The fourth-order valence-corrected chi connectivity index (χ4v) is 1.58. The lowest BCUT2D eigenvalue weighted by molar-refractivity contribution is -0.384. The van der Waals surface area contributed by atoms with Gasteiger partial charge >= 0.3 is 0 Å². The Morgan fingerprint density at radius 3 is 2.79 bits per heavy atom. The summed E-state index contributed by atoms with van der Waals surface area (Å²) >= 11 is 5.16. The highest BCUT2D eigenvalue weighted by Crippen LogP contribution is 2.26. The molecule has 1 aromatic heterocycles. The summed E-state index contributed by atoms with van der Waals surface area (Å²) < 4.78 is 5.43. The standard InChI is InChI=1S/C13H8ClNO4/c14-13(16)7-5-11-4-6-12(19-11)9-2-1-3-10(8-9)15(17)18/h1-8H/b7-5+. The highest BCUT2D eigenvalue weighted by Gasteiger charge is 2.09. The Balaban J connectivity index is 2.30. The molecule has 0 atom stereocenters. The van der Waals surface area contributed by atoms with Crippen molar-refractivity contribution in [1.29, 1.82) is 0 Å². The molecule has 0 fully saturated rings. The third-order valence-electron chi connectivity index (χ3n) is 2.35. The molecule has 6 heteroatoms. The Hall–Kier alpha value is -2.40. The van der Waals surface area contributed by atoms with Gasteiger partial charge < -0.3 is 4.42 Å². The highest BCUT2D eigenvalue weighted by atomic mass is 35.5. The SMILES string of the molecule is O=C(Cl)/C=C/c1ccc(-c2cccc([N+](=O)[O-])c2)o1. The van der Waals surface area contributed by atoms with Crippen LogP contribution in [-0.4, -0.2) is 10.2 Å². The van der Waals surface area contributed by atoms with E-state index in [1.165, 1.54) is 18.2 Å². The van der Waals surface area contributed by atoms with Crippen molar-refractivity contribution >= 4 is 28.6 Å². The molecule has 0 bridgehead atoms. The maximum atomic E-state index is 10.7. The van der Waals surface area contributed by atoms with Crippen molar-refractivity contribution in [3.05, 3.63) is 58.3 Å². The first-order valence-corrected chi connectivity index (χ1v) is 5.66. The van der Waals surface area contributed by atoms with E-state index in [-0.39, 0.29) is 5.69 Å². The lowest BCUT2D eigenvalue weighted by Crippen LogP contribution is -1.87. The van der Waals surface area contributed by atoms with Crippen LogP contribution < -0.4 is 0 Å². The third kappa shape index (κ3) is 3.29. The molecule has 5 nitrogen and oxygen atoms in total. The summed E-state index contributed by atoms with van der Waals surface area (Å²) in [6.07, 6.45) is 2.59. The predicted molar refractivity (Wildman–Crippen MR) is 70.7 cm³/mol. The van der Waals surface area contributed by atoms with Crippen LogP contribution in [0.1, 0.15) is 5.76 Å². The number of halogens is 1. The number of carbonyl (C=O) groups excluding carboxylic acids is 1. The smallest absolute Gasteiger partial charge is 0.270 e. The largest absolute Gasteiger partial charge is 0.457 e. The van der Waals surface area contributed by atoms with E-state index in [1.807, 2.05) is 0 Å². The van der Waals surface area contributed by atoms with Crippen LogP contribution in [0, 0.1) is 10.1 Å². The minimum absolute atomic E-state index is 0.0121. The average molecular weight is 278 g/mol. The highest BCUT2D eigenvalue weighted by molar-refractivity contribution is 6.66. The first kappa shape index (κ1) is 13.0. The van der Waals surface area contributed by atoms with E-state index in [1.54, 1.807) is 24.3 Å². The van der Waals surface area contributed by atoms with Gasteiger partial charge in [0.25, 0.3) is 5.69 Å². The van der Waals surface area contributed by atoms with Crippen LogP contribution in [-0.2, 0) is 4.79 Å². The number of hydrogen-bond donors (Lipinski definition) is 0. The summed E-state index contributed by atoms with van der Waals surface area (Å²) in [5.41, 5.74) is 0.577. The fourth-order valence-electron chi connectivity index (χ4n) is 1.52. The van der Waals surface area contributed by atoms with E-state index in [0.717, 1.165) is 6.08 Å². The van der Waals surface area contributed by atoms with Crippen LogP contribution >= 0.6 is 11.6 Å². The molecule has 0 N–H and O–H groups in total. The van der Waals surface area contributed by atoms with E-state index >= 15 is 0 Å². The zero-order valence-corrected chi connectivity index (χ0v) is 10.3. The van der Waals surface area contributed by atoms with Gasteiger partial charge in [-0.15, -0.1) is 0 Å². The molecule has 0 unspecified atom stereocenters. The molecule has 0 saturated carbocycles. The molecular weight excluding hydrogens is 270 g/mol. The first-order chi connectivity index (χ1) is 9.06. The van der Waals surface area contributed by atoms with Gasteiger partial charge in [-0.25, -0.2) is 0 Å². The van der Waals surface area contributed by atoms with E-state index < -0.39 is 10.2 Å². The number of nitrogens with zero attached hydrogens (tertiary/aromatic N) is 1. The molecule has 0 saturated heterocycles. The van der Waals surface area contributed by atoms with Crippen molar-refractivity contribution in [3.8, 4) is 11.3 Å². The molecule has 0 radical (unpaired) electrons. The van der Waals surface area contributed by atoms with Crippen LogP contribution in [0.5, 0.6) is 0 Å². The van der Waals surface area contributed by atoms with Crippen molar-refractivity contribution in [1.82, 2.24) is 0 Å². The van der Waals surface area contributed by atoms with Gasteiger partial charge in [0.15, 0.2) is 0 Å². The summed E-state index contributed by atoms with van der Waals surface area (Å²) in [6.45, 7) is 0. The number of rotatable bonds is 4. The van der Waals surface area contributed by atoms with E-state index in [0.29, 0.717) is 17.1 Å². The molecule has 1 heterocycles. The molecular formula is C13H8ClNO4. The molecule has 0 aliphatic carbocycles. The maximum absolute atomic E-state index is 10.7. The lowest BCUT2D eigenvalue weighted by Gasteiger charge is -1.96. The monoisotopic (exact) mass is 277 g/mol. The van der Waals surface area contributed by atoms with Crippen molar-refractivity contribution in [2.45, 2.75) is 0 Å². The van der Waals surface area contributed by atoms with E-state index in [2.05, 4.69) is 0 Å². The number of non-ortho nitro benzene ring substituents is 1. The van der Waals surface area contributed by atoms with Crippen LogP contribution in [0.3, 0.4) is 0 Å². The zero-order valence-electron chi connectivity index (χ0n) is 9.58. The molecule has 0 spiro atoms. The minimum Gasteiger partial charge on any atom is -0.457 e. The summed E-state index contributed by atoms with van der Waals surface area (Å²) in [7, 11) is 0. The predicted octanol–water partition coefficient (Wildman–Crippen LogP) is 3.63. The molecule has 0 aliphatic rings. The third-order valence-corrected chi connectivity index (χ3v) is 2.47. The fraction of sp³-hybridized carbons (Fsp3) is 0. The Labute approximate surface area is 113 Å². The molecule has 2 rings (SSSR count). The lowest BCUT2D eigenvalue weighted by atomic mass is 10.1. The molecule has 1 aromatic carbocycles. The van der Waals surface area contributed by atoms with Crippen LogP contribution in [0.15, 0.2) is 46.9 Å². The normalized spacial score (nSPS) is 10.8. The summed E-state index contributed by atoms with van der Waals surface area (Å²) in [4.78, 5) is 20.8. The second-order valence-corrected chi connectivity index (χ2v) is 4.02. The van der Waals surface area contributed by atoms with Gasteiger partial charge in [-0.1, -0.05) is 12.1 Å². The van der Waals surface area contributed by atoms with Gasteiger partial charge in [0.2, 0.25) is 5.24 Å². The van der Waals surface area contributed by atoms with Crippen molar-refractivity contribution in [3.63, 3.8) is 0 Å². The number of nitro groups is 1. The van der Waals surface area contributed by atoms with Gasteiger partial charge in [-0.05, 0) is 29.8 Å². The Kier molecular flexibility index (Phi) is 3.77. The number of allylic oxidation sites excluding steroid dienone is 1. The second kappa shape index (κ2) is 5.49. The van der Waals surface area contributed by atoms with Gasteiger partial charge in [-0.3, -0.25) is 14.9 Å². The number of carbonyl (C=O) groups is 1. The zero-order chi connectivity index (χ0) is 13.8. The van der Waals surface area contributed by atoms with Gasteiger partial charge in [-0.2, -0.15) is 0 Å². The molecule has 96 valence electrons. The number of benzene rings is 1. The van der Waals surface area contributed by atoms with Crippen molar-refractivity contribution in [2.24, 2.45) is 0 Å². The van der Waals surface area contributed by atoms with Gasteiger partial charge in [0, 0.05) is 23.8 Å². The average Bonchev–Trinajstić information content (AvgIpc) is 2.85. The van der Waals surface area contributed by atoms with Gasteiger partial charge in [0.1, 0.15) is 11.5 Å². The second-order valence-electron chi connectivity index (χ2n) is 3.65. The summed E-state index contributed by atoms with van der Waals surface area (Å²) in [5.74, 6) is 0.917. The molecule has 0 aliphatic heterocycles. The Morgan fingerprint density at radius 1 is 1.32 bits per heavy atom. The van der Waals surface area contributed by atoms with Crippen LogP contribution in [0.2, 0.25) is 0 Å². The number of furan rings is 1. The Morgan fingerprint density at radius 2 is 2.11 bits per heavy atom. The molecule has 2 aromatic rings.